The summed E-state index contributed by atoms with van der Waals surface area (Å²) in [6, 6.07) is 0. The Kier molecular flexibility index (Phi) is 10.8. The molecule has 2 nitrogen and oxygen atoms in total. The van der Waals surface area contributed by atoms with Crippen LogP contribution in [0.25, 0.3) is 0 Å². The van der Waals surface area contributed by atoms with Crippen molar-refractivity contribution < 1.29 is 0 Å². The first-order chi connectivity index (χ1) is 5.91. The molecule has 0 atom stereocenters. The van der Waals surface area contributed by atoms with E-state index in [1.165, 1.54) is 44.9 Å². The Morgan fingerprint density at radius 3 is 2.08 bits per heavy atom. The van der Waals surface area contributed by atoms with E-state index < -0.39 is 0 Å². The van der Waals surface area contributed by atoms with Gasteiger partial charge in [0.15, 0.2) is 0 Å². The van der Waals surface area contributed by atoms with Crippen molar-refractivity contribution >= 4 is 0 Å². The van der Waals surface area contributed by atoms with E-state index in [0.717, 1.165) is 6.54 Å². The van der Waals surface area contributed by atoms with Crippen LogP contribution in [0.15, 0.2) is 0 Å². The van der Waals surface area contributed by atoms with E-state index in [0.29, 0.717) is 6.67 Å². The zero-order valence-electron chi connectivity index (χ0n) is 8.44. The first-order valence-electron chi connectivity index (χ1n) is 5.32. The average Bonchev–Trinajstić information content (AvgIpc) is 2.10. The topological polar surface area (TPSA) is 38.0 Å². The van der Waals surface area contributed by atoms with Gasteiger partial charge in [-0.05, 0) is 13.0 Å². The Bertz CT molecular complexity index is 64.2. The molecule has 0 aliphatic rings. The minimum Gasteiger partial charge on any atom is -0.318 e. The van der Waals surface area contributed by atoms with Crippen molar-refractivity contribution in [2.45, 2.75) is 51.9 Å². The lowest BCUT2D eigenvalue weighted by Gasteiger charge is -2.01. The van der Waals surface area contributed by atoms with Crippen LogP contribution in [0.5, 0.6) is 0 Å². The maximum Gasteiger partial charge on any atom is 0.0428 e. The maximum absolute atomic E-state index is 5.30. The molecule has 0 heterocycles. The summed E-state index contributed by atoms with van der Waals surface area (Å²) < 4.78 is 0. The molecule has 0 amide bonds. The summed E-state index contributed by atoms with van der Waals surface area (Å²) >= 11 is 0. The normalized spacial score (nSPS) is 10.5. The van der Waals surface area contributed by atoms with Gasteiger partial charge in [-0.15, -0.1) is 0 Å². The molecule has 74 valence electrons. The van der Waals surface area contributed by atoms with Crippen molar-refractivity contribution in [3.63, 3.8) is 0 Å². The molecule has 0 bridgehead atoms. The van der Waals surface area contributed by atoms with E-state index in [-0.39, 0.29) is 0 Å². The molecule has 0 rings (SSSR count). The van der Waals surface area contributed by atoms with Crippen LogP contribution in [-0.2, 0) is 0 Å². The zero-order chi connectivity index (χ0) is 9.07. The van der Waals surface area contributed by atoms with E-state index in [2.05, 4.69) is 12.2 Å². The molecule has 0 saturated heterocycles. The van der Waals surface area contributed by atoms with E-state index >= 15 is 0 Å². The van der Waals surface area contributed by atoms with Gasteiger partial charge in [-0.3, -0.25) is 0 Å². The van der Waals surface area contributed by atoms with Crippen LogP contribution in [0.3, 0.4) is 0 Å². The van der Waals surface area contributed by atoms with Gasteiger partial charge < -0.3 is 11.1 Å². The van der Waals surface area contributed by atoms with Crippen molar-refractivity contribution in [2.75, 3.05) is 13.2 Å². The van der Waals surface area contributed by atoms with Gasteiger partial charge in [0.05, 0.1) is 0 Å². The molecule has 0 aromatic heterocycles. The molecule has 0 radical (unpaired) electrons. The standard InChI is InChI=1S/C10H24N2/c1-2-3-4-5-6-7-8-9-12-10-11/h12H,2-11H2,1H3. The predicted octanol–water partition coefficient (Wildman–Crippen LogP) is 2.24. The van der Waals surface area contributed by atoms with Gasteiger partial charge in [0.25, 0.3) is 0 Å². The third-order valence-corrected chi connectivity index (χ3v) is 2.10. The van der Waals surface area contributed by atoms with Crippen molar-refractivity contribution in [3.05, 3.63) is 0 Å². The van der Waals surface area contributed by atoms with Gasteiger partial charge in [-0.2, -0.15) is 0 Å². The second-order valence-electron chi connectivity index (χ2n) is 3.33. The lowest BCUT2D eigenvalue weighted by atomic mass is 10.1. The highest BCUT2D eigenvalue weighted by Crippen LogP contribution is 2.05. The fourth-order valence-corrected chi connectivity index (χ4v) is 1.31. The lowest BCUT2D eigenvalue weighted by Crippen LogP contribution is -2.23. The molecule has 0 fully saturated rings. The molecular weight excluding hydrogens is 148 g/mol. The summed E-state index contributed by atoms with van der Waals surface area (Å²) in [4.78, 5) is 0. The van der Waals surface area contributed by atoms with E-state index in [9.17, 15) is 0 Å². The molecule has 2 heteroatoms. The van der Waals surface area contributed by atoms with Crippen LogP contribution in [0.1, 0.15) is 51.9 Å². The number of hydrogen-bond donors (Lipinski definition) is 2. The summed E-state index contributed by atoms with van der Waals surface area (Å²) in [7, 11) is 0. The van der Waals surface area contributed by atoms with Gasteiger partial charge in [0, 0.05) is 6.67 Å². The van der Waals surface area contributed by atoms with Crippen LogP contribution in [0.4, 0.5) is 0 Å². The number of nitrogens with one attached hydrogen (secondary N) is 1. The summed E-state index contributed by atoms with van der Waals surface area (Å²) in [5.41, 5.74) is 5.30. The van der Waals surface area contributed by atoms with Gasteiger partial charge >= 0.3 is 0 Å². The summed E-state index contributed by atoms with van der Waals surface area (Å²) in [5.74, 6) is 0. The fraction of sp³-hybridized carbons (Fsp3) is 1.00. The highest BCUT2D eigenvalue weighted by Gasteiger charge is 1.89. The number of rotatable bonds is 9. The quantitative estimate of drug-likeness (QED) is 0.413. The van der Waals surface area contributed by atoms with Crippen molar-refractivity contribution in [3.8, 4) is 0 Å². The van der Waals surface area contributed by atoms with Gasteiger partial charge in [0.1, 0.15) is 0 Å². The molecule has 0 aromatic rings. The van der Waals surface area contributed by atoms with Crippen LogP contribution in [0, 0.1) is 0 Å². The van der Waals surface area contributed by atoms with Crippen LogP contribution >= 0.6 is 0 Å². The first-order valence-corrected chi connectivity index (χ1v) is 5.32. The second kappa shape index (κ2) is 10.9. The first kappa shape index (κ1) is 11.9. The molecule has 0 aliphatic carbocycles. The molecule has 0 aliphatic heterocycles. The smallest absolute Gasteiger partial charge is 0.0428 e. The van der Waals surface area contributed by atoms with Gasteiger partial charge in [0.2, 0.25) is 0 Å². The Morgan fingerprint density at radius 1 is 0.917 bits per heavy atom. The molecule has 3 N–H and O–H groups in total. The predicted molar refractivity (Wildman–Crippen MR) is 55.1 cm³/mol. The molecule has 12 heavy (non-hydrogen) atoms. The zero-order valence-corrected chi connectivity index (χ0v) is 8.44. The fourth-order valence-electron chi connectivity index (χ4n) is 1.31. The summed E-state index contributed by atoms with van der Waals surface area (Å²) in [6.07, 6.45) is 9.61. The highest BCUT2D eigenvalue weighted by atomic mass is 14.9. The van der Waals surface area contributed by atoms with Crippen molar-refractivity contribution in [1.29, 1.82) is 0 Å². The second-order valence-corrected chi connectivity index (χ2v) is 3.33. The average molecular weight is 172 g/mol. The molecule has 0 unspecified atom stereocenters. The molecule has 0 spiro atoms. The lowest BCUT2D eigenvalue weighted by molar-refractivity contribution is 0.566. The van der Waals surface area contributed by atoms with Gasteiger partial charge in [-0.25, -0.2) is 0 Å². The third-order valence-electron chi connectivity index (χ3n) is 2.10. The minimum absolute atomic E-state index is 0.621. The Hall–Kier alpha value is -0.0800. The highest BCUT2D eigenvalue weighted by molar-refractivity contribution is 4.47. The van der Waals surface area contributed by atoms with Crippen molar-refractivity contribution in [2.24, 2.45) is 5.73 Å². The Labute approximate surface area is 76.9 Å². The number of hydrogen-bond acceptors (Lipinski definition) is 2. The third kappa shape index (κ3) is 9.92. The van der Waals surface area contributed by atoms with Crippen molar-refractivity contribution in [1.82, 2.24) is 5.32 Å². The largest absolute Gasteiger partial charge is 0.318 e. The molecule has 0 saturated carbocycles. The van der Waals surface area contributed by atoms with E-state index in [4.69, 9.17) is 5.73 Å². The minimum atomic E-state index is 0.621. The number of unbranched alkanes of at least 4 members (excludes halogenated alkanes) is 6. The maximum atomic E-state index is 5.30. The SMILES string of the molecule is CCCCCCCCCNCN. The van der Waals surface area contributed by atoms with Gasteiger partial charge in [-0.1, -0.05) is 45.4 Å². The van der Waals surface area contributed by atoms with E-state index in [1.54, 1.807) is 0 Å². The van der Waals surface area contributed by atoms with E-state index in [1.807, 2.05) is 0 Å². The van der Waals surface area contributed by atoms with Crippen LogP contribution in [-0.4, -0.2) is 13.2 Å². The molecular formula is C10H24N2. The summed E-state index contributed by atoms with van der Waals surface area (Å²) in [6.45, 7) is 3.96. The monoisotopic (exact) mass is 172 g/mol. The molecule has 0 aromatic carbocycles. The Morgan fingerprint density at radius 2 is 1.50 bits per heavy atom. The summed E-state index contributed by atoms with van der Waals surface area (Å²) in [5, 5.41) is 3.13. The van der Waals surface area contributed by atoms with Crippen LogP contribution < -0.4 is 11.1 Å². The Balaban J connectivity index is 2.73. The number of nitrogens with two attached hydrogens (primary N) is 1. The van der Waals surface area contributed by atoms with Crippen LogP contribution in [0.2, 0.25) is 0 Å².